The summed E-state index contributed by atoms with van der Waals surface area (Å²) in [5.41, 5.74) is 1.34. The van der Waals surface area contributed by atoms with Crippen LogP contribution in [0.4, 0.5) is 16.0 Å². The molecule has 3 aromatic rings. The fourth-order valence-corrected chi connectivity index (χ4v) is 4.86. The highest BCUT2D eigenvalue weighted by Gasteiger charge is 2.22. The van der Waals surface area contributed by atoms with Gasteiger partial charge < -0.3 is 9.80 Å². The van der Waals surface area contributed by atoms with E-state index in [1.54, 1.807) is 35.0 Å². The topological polar surface area (TPSA) is 54.3 Å². The molecule has 1 fully saturated rings. The summed E-state index contributed by atoms with van der Waals surface area (Å²) in [7, 11) is 0. The van der Waals surface area contributed by atoms with Gasteiger partial charge in [0.15, 0.2) is 0 Å². The van der Waals surface area contributed by atoms with E-state index in [4.69, 9.17) is 0 Å². The van der Waals surface area contributed by atoms with Crippen LogP contribution in [-0.4, -0.2) is 40.7 Å². The molecular weight excluding hydrogens is 425 g/mol. The molecule has 8 heteroatoms. The molecule has 32 heavy (non-hydrogen) atoms. The molecule has 0 N–H and O–H groups in total. The van der Waals surface area contributed by atoms with Crippen LogP contribution in [0.1, 0.15) is 41.9 Å². The Kier molecular flexibility index (Phi) is 6.07. The minimum atomic E-state index is -0.277. The van der Waals surface area contributed by atoms with Gasteiger partial charge in [0.05, 0.1) is 6.54 Å². The Morgan fingerprint density at radius 1 is 1.00 bits per heavy atom. The Hall–Kier alpha value is -2.74. The first-order valence-corrected chi connectivity index (χ1v) is 11.7. The average molecular weight is 456 g/mol. The van der Waals surface area contributed by atoms with Crippen molar-refractivity contribution in [3.05, 3.63) is 67.8 Å². The van der Waals surface area contributed by atoms with Crippen LogP contribution in [0.2, 0.25) is 0 Å². The molecule has 0 spiro atoms. The first-order chi connectivity index (χ1) is 15.1. The molecule has 2 aromatic heterocycles. The number of piperazine rings is 1. The molecule has 0 amide bonds. The summed E-state index contributed by atoms with van der Waals surface area (Å²) < 4.78 is 15.6. The summed E-state index contributed by atoms with van der Waals surface area (Å²) in [5.74, 6) is 0.946. The second kappa shape index (κ2) is 8.65. The van der Waals surface area contributed by atoms with Crippen LogP contribution in [0, 0.1) is 19.7 Å². The van der Waals surface area contributed by atoms with E-state index in [1.165, 1.54) is 4.88 Å². The predicted octanol–water partition coefficient (Wildman–Crippen LogP) is 4.13. The van der Waals surface area contributed by atoms with Gasteiger partial charge in [-0.2, -0.15) is 9.97 Å². The minimum absolute atomic E-state index is 0.0930. The van der Waals surface area contributed by atoms with Crippen LogP contribution in [0.5, 0.6) is 0 Å². The second-order valence-electron chi connectivity index (χ2n) is 9.36. The van der Waals surface area contributed by atoms with E-state index in [1.807, 2.05) is 17.9 Å². The number of thiophene rings is 1. The number of anilines is 2. The lowest BCUT2D eigenvalue weighted by molar-refractivity contribution is 0.603. The molecule has 6 nitrogen and oxygen atoms in total. The van der Waals surface area contributed by atoms with Gasteiger partial charge in [0.2, 0.25) is 5.95 Å². The molecule has 170 valence electrons. The Bertz CT molecular complexity index is 1170. The van der Waals surface area contributed by atoms with Crippen LogP contribution in [0.25, 0.3) is 0 Å². The van der Waals surface area contributed by atoms with Gasteiger partial charge in [0.1, 0.15) is 11.6 Å². The summed E-state index contributed by atoms with van der Waals surface area (Å²) >= 11 is 1.73. The second-order valence-corrected chi connectivity index (χ2v) is 10.5. The standard InChI is InChI=1S/C24H30FN5OS/c1-16-6-7-18(14-20(16)25)28-10-12-29(13-11-28)22-26-17(2)30(23(31)27-22)15-19-8-9-21(32-19)24(3,4)5/h6-9,14H,10-13,15H2,1-5H3. The van der Waals surface area contributed by atoms with Gasteiger partial charge in [-0.05, 0) is 49.1 Å². The summed E-state index contributed by atoms with van der Waals surface area (Å²) in [4.78, 5) is 28.3. The Labute approximate surface area is 192 Å². The summed E-state index contributed by atoms with van der Waals surface area (Å²) in [5, 5.41) is 0. The smallest absolute Gasteiger partial charge is 0.352 e. The van der Waals surface area contributed by atoms with Crippen molar-refractivity contribution in [2.75, 3.05) is 36.0 Å². The quantitative estimate of drug-likeness (QED) is 0.592. The van der Waals surface area contributed by atoms with Crippen molar-refractivity contribution in [2.45, 2.75) is 46.6 Å². The lowest BCUT2D eigenvalue weighted by Gasteiger charge is -2.36. The SMILES string of the molecule is Cc1ccc(N2CCN(c3nc(C)n(Cc4ccc(C(C)(C)C)s4)c(=O)n3)CC2)cc1F. The van der Waals surface area contributed by atoms with Gasteiger partial charge in [-0.3, -0.25) is 4.57 Å². The van der Waals surface area contributed by atoms with Crippen molar-refractivity contribution in [2.24, 2.45) is 0 Å². The summed E-state index contributed by atoms with van der Waals surface area (Å²) in [6.45, 7) is 13.5. The molecule has 1 aliphatic heterocycles. The van der Waals surface area contributed by atoms with Crippen molar-refractivity contribution in [1.29, 1.82) is 0 Å². The van der Waals surface area contributed by atoms with Crippen molar-refractivity contribution in [3.63, 3.8) is 0 Å². The Morgan fingerprint density at radius 3 is 2.28 bits per heavy atom. The molecular formula is C24H30FN5OS. The molecule has 1 aromatic carbocycles. The fourth-order valence-electron chi connectivity index (χ4n) is 3.80. The zero-order valence-electron chi connectivity index (χ0n) is 19.4. The number of rotatable bonds is 4. The van der Waals surface area contributed by atoms with E-state index < -0.39 is 0 Å². The Morgan fingerprint density at radius 2 is 1.69 bits per heavy atom. The number of hydrogen-bond acceptors (Lipinski definition) is 6. The zero-order chi connectivity index (χ0) is 23.0. The van der Waals surface area contributed by atoms with E-state index in [2.05, 4.69) is 47.8 Å². The van der Waals surface area contributed by atoms with Crippen molar-refractivity contribution in [1.82, 2.24) is 14.5 Å². The largest absolute Gasteiger partial charge is 0.368 e. The molecule has 3 heterocycles. The highest BCUT2D eigenvalue weighted by molar-refractivity contribution is 7.12. The van der Waals surface area contributed by atoms with Crippen molar-refractivity contribution in [3.8, 4) is 0 Å². The lowest BCUT2D eigenvalue weighted by atomic mass is 9.95. The predicted molar refractivity (Wildman–Crippen MR) is 129 cm³/mol. The highest BCUT2D eigenvalue weighted by Crippen LogP contribution is 2.29. The van der Waals surface area contributed by atoms with Crippen LogP contribution in [-0.2, 0) is 12.0 Å². The normalized spacial score (nSPS) is 14.8. The summed E-state index contributed by atoms with van der Waals surface area (Å²) in [6.07, 6.45) is 0. The first kappa shape index (κ1) is 22.5. The molecule has 0 unspecified atom stereocenters. The number of aromatic nitrogens is 3. The highest BCUT2D eigenvalue weighted by atomic mass is 32.1. The van der Waals surface area contributed by atoms with E-state index in [9.17, 15) is 9.18 Å². The van der Waals surface area contributed by atoms with Crippen molar-refractivity contribution < 1.29 is 4.39 Å². The zero-order valence-corrected chi connectivity index (χ0v) is 20.2. The van der Waals surface area contributed by atoms with Gasteiger partial charge in [-0.15, -0.1) is 11.3 Å². The summed E-state index contributed by atoms with van der Waals surface area (Å²) in [6, 6.07) is 9.56. The average Bonchev–Trinajstić information content (AvgIpc) is 3.22. The third kappa shape index (κ3) is 4.70. The monoisotopic (exact) mass is 455 g/mol. The molecule has 0 aliphatic carbocycles. The molecule has 0 radical (unpaired) electrons. The number of benzene rings is 1. The maximum atomic E-state index is 13.9. The lowest BCUT2D eigenvalue weighted by Crippen LogP contribution is -2.48. The number of aryl methyl sites for hydroxylation is 2. The van der Waals surface area contributed by atoms with E-state index in [-0.39, 0.29) is 16.9 Å². The van der Waals surface area contributed by atoms with Crippen LogP contribution in [0.3, 0.4) is 0 Å². The van der Waals surface area contributed by atoms with Gasteiger partial charge >= 0.3 is 5.69 Å². The third-order valence-corrected chi connectivity index (χ3v) is 7.37. The molecule has 0 bridgehead atoms. The third-order valence-electron chi connectivity index (χ3n) is 5.88. The number of halogens is 1. The number of hydrogen-bond donors (Lipinski definition) is 0. The van der Waals surface area contributed by atoms with Gasteiger partial charge in [-0.25, -0.2) is 9.18 Å². The van der Waals surface area contributed by atoms with Crippen molar-refractivity contribution >= 4 is 23.0 Å². The van der Waals surface area contributed by atoms with Crippen LogP contribution >= 0.6 is 11.3 Å². The van der Waals surface area contributed by atoms with Gasteiger partial charge in [0.25, 0.3) is 0 Å². The molecule has 0 saturated carbocycles. The molecule has 1 aliphatic rings. The van der Waals surface area contributed by atoms with E-state index >= 15 is 0 Å². The van der Waals surface area contributed by atoms with E-state index in [0.717, 1.165) is 23.7 Å². The maximum Gasteiger partial charge on any atom is 0.352 e. The van der Waals surface area contributed by atoms with Gasteiger partial charge in [0, 0.05) is 41.6 Å². The Balaban J connectivity index is 1.46. The maximum absolute atomic E-state index is 13.9. The molecule has 4 rings (SSSR count). The van der Waals surface area contributed by atoms with Crippen LogP contribution in [0.15, 0.2) is 35.1 Å². The number of nitrogens with zero attached hydrogens (tertiary/aromatic N) is 5. The molecule has 0 atom stereocenters. The van der Waals surface area contributed by atoms with E-state index in [0.29, 0.717) is 37.0 Å². The first-order valence-electron chi connectivity index (χ1n) is 10.9. The molecule has 1 saturated heterocycles. The fraction of sp³-hybridized carbons (Fsp3) is 0.458. The van der Waals surface area contributed by atoms with Crippen LogP contribution < -0.4 is 15.5 Å². The van der Waals surface area contributed by atoms with Gasteiger partial charge in [-0.1, -0.05) is 26.8 Å². The minimum Gasteiger partial charge on any atom is -0.368 e.